The number of rotatable bonds is 3. The van der Waals surface area contributed by atoms with Crippen molar-refractivity contribution in [2.45, 2.75) is 78.9 Å². The van der Waals surface area contributed by atoms with Gasteiger partial charge in [-0.25, -0.2) is 0 Å². The summed E-state index contributed by atoms with van der Waals surface area (Å²) in [7, 11) is -2.11. The number of benzene rings is 1. The monoisotopic (exact) mass is 336 g/mol. The van der Waals surface area contributed by atoms with Gasteiger partial charge in [-0.15, -0.1) is 0 Å². The minimum absolute atomic E-state index is 0.0173. The van der Waals surface area contributed by atoms with E-state index in [1.807, 2.05) is 6.92 Å². The Kier molecular flexibility index (Phi) is 5.13. The van der Waals surface area contributed by atoms with Crippen LogP contribution in [0.5, 0.6) is 11.5 Å². The molecule has 0 spiro atoms. The molecule has 1 rings (SSSR count). The molecule has 0 aliphatic heterocycles. The van der Waals surface area contributed by atoms with E-state index >= 15 is 0 Å². The number of Topliss-reactive ketones (excluding diaryl/α,β-unsaturated/α-hetero) is 1. The minimum atomic E-state index is -2.11. The van der Waals surface area contributed by atoms with E-state index in [2.05, 4.69) is 54.6 Å². The molecule has 0 atom stereocenters. The van der Waals surface area contributed by atoms with Gasteiger partial charge in [0.15, 0.2) is 5.78 Å². The van der Waals surface area contributed by atoms with Crippen molar-refractivity contribution < 1.29 is 14.3 Å². The van der Waals surface area contributed by atoms with Crippen LogP contribution >= 0.6 is 0 Å². The van der Waals surface area contributed by atoms with Crippen LogP contribution in [0.4, 0.5) is 0 Å². The van der Waals surface area contributed by atoms with Gasteiger partial charge < -0.3 is 9.53 Å². The third kappa shape index (κ3) is 3.97. The van der Waals surface area contributed by atoms with Crippen molar-refractivity contribution in [2.24, 2.45) is 0 Å². The highest BCUT2D eigenvalue weighted by molar-refractivity contribution is 6.74. The number of phenols is 1. The third-order valence-electron chi connectivity index (χ3n) is 4.80. The van der Waals surface area contributed by atoms with Crippen LogP contribution in [-0.4, -0.2) is 19.2 Å². The van der Waals surface area contributed by atoms with Crippen LogP contribution in [0.25, 0.3) is 0 Å². The fourth-order valence-electron chi connectivity index (χ4n) is 2.54. The Hall–Kier alpha value is -1.29. The average molecular weight is 337 g/mol. The van der Waals surface area contributed by atoms with Crippen LogP contribution in [0, 0.1) is 6.92 Å². The molecule has 130 valence electrons. The summed E-state index contributed by atoms with van der Waals surface area (Å²) in [5, 5.41) is 10.4. The second-order valence-corrected chi connectivity index (χ2v) is 13.7. The molecule has 0 bridgehead atoms. The Labute approximate surface area is 142 Å². The summed E-state index contributed by atoms with van der Waals surface area (Å²) in [5.74, 6) is 0.692. The molecule has 0 radical (unpaired) electrons. The van der Waals surface area contributed by atoms with Crippen LogP contribution in [0.3, 0.4) is 0 Å². The number of aromatic hydroxyl groups is 1. The molecule has 23 heavy (non-hydrogen) atoms. The van der Waals surface area contributed by atoms with Crippen LogP contribution in [0.1, 0.15) is 70.0 Å². The second-order valence-electron chi connectivity index (χ2n) is 8.94. The molecule has 0 fully saturated rings. The Bertz CT molecular complexity index is 617. The molecule has 3 nitrogen and oxygen atoms in total. The maximum Gasteiger partial charge on any atom is 0.250 e. The van der Waals surface area contributed by atoms with Gasteiger partial charge in [-0.05, 0) is 48.5 Å². The Morgan fingerprint density at radius 2 is 1.61 bits per heavy atom. The maximum atomic E-state index is 12.4. The second kappa shape index (κ2) is 5.97. The van der Waals surface area contributed by atoms with Gasteiger partial charge in [-0.2, -0.15) is 0 Å². The summed E-state index contributed by atoms with van der Waals surface area (Å²) in [4.78, 5) is 12.4. The first kappa shape index (κ1) is 19.8. The van der Waals surface area contributed by atoms with E-state index in [4.69, 9.17) is 4.43 Å². The van der Waals surface area contributed by atoms with E-state index in [1.165, 1.54) is 0 Å². The van der Waals surface area contributed by atoms with Crippen molar-refractivity contribution in [1.82, 2.24) is 0 Å². The summed E-state index contributed by atoms with van der Waals surface area (Å²) in [6.45, 7) is 20.3. The molecule has 1 aromatic rings. The number of hydrogen-bond acceptors (Lipinski definition) is 3. The van der Waals surface area contributed by atoms with Gasteiger partial charge >= 0.3 is 0 Å². The number of carbonyl (C=O) groups is 1. The number of hydrogen-bond donors (Lipinski definition) is 1. The molecule has 0 unspecified atom stereocenters. The highest BCUT2D eigenvalue weighted by atomic mass is 28.4. The zero-order valence-corrected chi connectivity index (χ0v) is 17.3. The van der Waals surface area contributed by atoms with Crippen LogP contribution in [0.15, 0.2) is 6.07 Å². The Morgan fingerprint density at radius 3 is 1.96 bits per heavy atom. The average Bonchev–Trinajstić information content (AvgIpc) is 2.29. The quantitative estimate of drug-likeness (QED) is 0.578. The largest absolute Gasteiger partial charge is 0.543 e. The van der Waals surface area contributed by atoms with E-state index in [1.54, 1.807) is 13.0 Å². The zero-order chi connectivity index (χ0) is 18.4. The van der Waals surface area contributed by atoms with Crippen LogP contribution in [-0.2, 0) is 5.41 Å². The molecule has 0 aromatic heterocycles. The lowest BCUT2D eigenvalue weighted by Crippen LogP contribution is -2.44. The molecule has 4 heteroatoms. The first-order valence-electron chi connectivity index (χ1n) is 8.16. The van der Waals surface area contributed by atoms with Crippen molar-refractivity contribution in [3.05, 3.63) is 22.8 Å². The van der Waals surface area contributed by atoms with E-state index in [-0.39, 0.29) is 22.0 Å². The number of ketones is 1. The lowest BCUT2D eigenvalue weighted by molar-refractivity contribution is 0.101. The molecule has 1 aromatic carbocycles. The predicted molar refractivity (Wildman–Crippen MR) is 99.4 cm³/mol. The smallest absolute Gasteiger partial charge is 0.250 e. The molecule has 0 saturated heterocycles. The molecule has 0 aliphatic carbocycles. The SMILES string of the molecule is CC(=O)c1c(O[Si](C)(C)C(C)(C)C)cc(O)c(C)c1C(C)(C)C. The van der Waals surface area contributed by atoms with Crippen LogP contribution in [0.2, 0.25) is 18.1 Å². The fraction of sp³-hybridized carbons (Fsp3) is 0.632. The molecule has 1 N–H and O–H groups in total. The molecular weight excluding hydrogens is 304 g/mol. The van der Waals surface area contributed by atoms with Gasteiger partial charge in [0.1, 0.15) is 11.5 Å². The Balaban J connectivity index is 3.69. The molecule has 0 saturated carbocycles. The Morgan fingerprint density at radius 1 is 1.13 bits per heavy atom. The first-order chi connectivity index (χ1) is 10.1. The molecule has 0 amide bonds. The summed E-state index contributed by atoms with van der Waals surface area (Å²) < 4.78 is 6.39. The van der Waals surface area contributed by atoms with Gasteiger partial charge in [0.05, 0.1) is 5.56 Å². The van der Waals surface area contributed by atoms with E-state index in [9.17, 15) is 9.90 Å². The van der Waals surface area contributed by atoms with E-state index in [0.29, 0.717) is 11.3 Å². The van der Waals surface area contributed by atoms with Gasteiger partial charge in [0, 0.05) is 6.07 Å². The number of carbonyl (C=O) groups excluding carboxylic acids is 1. The topological polar surface area (TPSA) is 46.5 Å². The van der Waals surface area contributed by atoms with Gasteiger partial charge in [0.25, 0.3) is 8.32 Å². The molecule has 0 heterocycles. The number of phenolic OH excluding ortho intramolecular Hbond substituents is 1. The van der Waals surface area contributed by atoms with Gasteiger partial charge in [-0.3, -0.25) is 4.79 Å². The van der Waals surface area contributed by atoms with E-state index in [0.717, 1.165) is 11.1 Å². The molecule has 0 aliphatic rings. The van der Waals surface area contributed by atoms with Gasteiger partial charge in [-0.1, -0.05) is 41.5 Å². The standard InChI is InChI=1S/C19H32O3Si/c1-12-14(21)11-15(22-23(9,10)19(6,7)8)16(13(2)20)17(12)18(3,4)5/h11,21H,1-10H3. The predicted octanol–water partition coefficient (Wildman–Crippen LogP) is 5.58. The zero-order valence-electron chi connectivity index (χ0n) is 16.3. The van der Waals surface area contributed by atoms with Crippen molar-refractivity contribution in [3.63, 3.8) is 0 Å². The van der Waals surface area contributed by atoms with Crippen molar-refractivity contribution in [2.75, 3.05) is 0 Å². The normalized spacial score (nSPS) is 13.1. The summed E-state index contributed by atoms with van der Waals surface area (Å²) in [5.41, 5.74) is 1.98. The summed E-state index contributed by atoms with van der Waals surface area (Å²) >= 11 is 0. The fourth-order valence-corrected chi connectivity index (χ4v) is 3.56. The highest BCUT2D eigenvalue weighted by Gasteiger charge is 2.40. The third-order valence-corrected chi connectivity index (χ3v) is 9.14. The lowest BCUT2D eigenvalue weighted by atomic mass is 9.79. The molecular formula is C19H32O3Si. The first-order valence-corrected chi connectivity index (χ1v) is 11.1. The summed E-state index contributed by atoms with van der Waals surface area (Å²) in [6.07, 6.45) is 0. The highest BCUT2D eigenvalue weighted by Crippen LogP contribution is 2.43. The van der Waals surface area contributed by atoms with E-state index < -0.39 is 8.32 Å². The minimum Gasteiger partial charge on any atom is -0.543 e. The van der Waals surface area contributed by atoms with Crippen molar-refractivity contribution >= 4 is 14.1 Å². The summed E-state index contributed by atoms with van der Waals surface area (Å²) in [6, 6.07) is 1.61. The van der Waals surface area contributed by atoms with Crippen molar-refractivity contribution in [3.8, 4) is 11.5 Å². The van der Waals surface area contributed by atoms with Gasteiger partial charge in [0.2, 0.25) is 0 Å². The van der Waals surface area contributed by atoms with Crippen LogP contribution < -0.4 is 4.43 Å². The maximum absolute atomic E-state index is 12.4. The lowest BCUT2D eigenvalue weighted by Gasteiger charge is -2.38. The van der Waals surface area contributed by atoms with Crippen molar-refractivity contribution in [1.29, 1.82) is 0 Å².